The van der Waals surface area contributed by atoms with Gasteiger partial charge in [0.15, 0.2) is 5.12 Å². The zero-order valence-electron chi connectivity index (χ0n) is 22.6. The van der Waals surface area contributed by atoms with Crippen LogP contribution in [0.15, 0.2) is 0 Å². The first-order valence-corrected chi connectivity index (χ1v) is 15.0. The van der Waals surface area contributed by atoms with E-state index in [4.69, 9.17) is 9.47 Å². The molecule has 4 saturated carbocycles. The second-order valence-electron chi connectivity index (χ2n) is 12.5. The molecule has 4 fully saturated rings. The molecule has 0 aliphatic heterocycles. The first-order valence-electron chi connectivity index (χ1n) is 14.0. The lowest BCUT2D eigenvalue weighted by molar-refractivity contribution is -0.197. The van der Waals surface area contributed by atoms with E-state index in [0.717, 1.165) is 37.9 Å². The van der Waals surface area contributed by atoms with Crippen LogP contribution in [0.3, 0.4) is 0 Å². The number of hydrogen-bond donors (Lipinski definition) is 0. The van der Waals surface area contributed by atoms with E-state index < -0.39 is 0 Å². The zero-order valence-corrected chi connectivity index (χ0v) is 23.5. The number of thioether (sulfide) groups is 1. The van der Waals surface area contributed by atoms with Crippen LogP contribution >= 0.6 is 11.8 Å². The van der Waals surface area contributed by atoms with E-state index in [9.17, 15) is 14.4 Å². The largest absolute Gasteiger partial charge is 0.463 e. The third kappa shape index (κ3) is 4.94. The fourth-order valence-electron chi connectivity index (χ4n) is 9.46. The van der Waals surface area contributed by atoms with Crippen molar-refractivity contribution >= 4 is 28.8 Å². The second-order valence-corrected chi connectivity index (χ2v) is 13.9. The molecule has 0 amide bonds. The van der Waals surface area contributed by atoms with E-state index in [-0.39, 0.29) is 35.0 Å². The van der Waals surface area contributed by atoms with Crippen LogP contribution in [-0.4, -0.2) is 35.0 Å². The third-order valence-corrected chi connectivity index (χ3v) is 11.7. The van der Waals surface area contributed by atoms with Crippen LogP contribution in [-0.2, 0) is 23.9 Å². The van der Waals surface area contributed by atoms with E-state index in [1.165, 1.54) is 37.9 Å². The number of fused-ring (bicyclic) bond motifs is 5. The maximum Gasteiger partial charge on any atom is 0.302 e. The molecule has 0 aromatic rings. The predicted octanol–water partition coefficient (Wildman–Crippen LogP) is 6.42. The minimum absolute atomic E-state index is 0.0514. The van der Waals surface area contributed by atoms with Crippen molar-refractivity contribution < 1.29 is 23.9 Å². The molecular formula is C29H46O5S. The molecule has 0 aromatic carbocycles. The van der Waals surface area contributed by atoms with Gasteiger partial charge in [-0.1, -0.05) is 39.5 Å². The Morgan fingerprint density at radius 3 is 2.31 bits per heavy atom. The standard InChI is InChI=1S/C29H46O5S/c1-7-35-27(32)14-17(2)23-10-11-24-22-9-8-20-15-21(33-18(3)30)12-13-28(20,5)25(22)16-26(29(23,24)6)34-19(4)31/h17,20-26H,7-16H2,1-6H3/t17-,20+,21+,22+,23-,24+,25+,26+,28+,29-/m1/s1. The third-order valence-electron chi connectivity index (χ3n) is 10.9. The van der Waals surface area contributed by atoms with Gasteiger partial charge in [0.25, 0.3) is 0 Å². The highest BCUT2D eigenvalue weighted by Gasteiger charge is 2.65. The number of esters is 2. The number of hydrogen-bond acceptors (Lipinski definition) is 6. The van der Waals surface area contributed by atoms with E-state index >= 15 is 0 Å². The summed E-state index contributed by atoms with van der Waals surface area (Å²) in [5.74, 6) is 3.47. The summed E-state index contributed by atoms with van der Waals surface area (Å²) in [5.41, 5.74) is 0.137. The van der Waals surface area contributed by atoms with Crippen molar-refractivity contribution in [2.24, 2.45) is 46.3 Å². The summed E-state index contributed by atoms with van der Waals surface area (Å²) in [4.78, 5) is 36.4. The summed E-state index contributed by atoms with van der Waals surface area (Å²) in [6.07, 6.45) is 9.22. The molecule has 5 nitrogen and oxygen atoms in total. The molecule has 4 aliphatic carbocycles. The van der Waals surface area contributed by atoms with E-state index in [1.807, 2.05) is 6.92 Å². The zero-order chi connectivity index (χ0) is 25.5. The van der Waals surface area contributed by atoms with Crippen LogP contribution in [0.5, 0.6) is 0 Å². The van der Waals surface area contributed by atoms with E-state index in [2.05, 4.69) is 20.8 Å². The highest BCUT2D eigenvalue weighted by Crippen LogP contribution is 2.69. The molecule has 0 saturated heterocycles. The van der Waals surface area contributed by atoms with Gasteiger partial charge in [-0.3, -0.25) is 14.4 Å². The van der Waals surface area contributed by atoms with Gasteiger partial charge >= 0.3 is 11.9 Å². The average Bonchev–Trinajstić information content (AvgIpc) is 3.12. The van der Waals surface area contributed by atoms with Crippen molar-refractivity contribution in [1.29, 1.82) is 0 Å². The average molecular weight is 507 g/mol. The molecule has 0 heterocycles. The Morgan fingerprint density at radius 2 is 1.66 bits per heavy atom. The van der Waals surface area contributed by atoms with Gasteiger partial charge in [-0.15, -0.1) is 0 Å². The molecule has 0 bridgehead atoms. The Labute approximate surface area is 216 Å². The molecule has 198 valence electrons. The highest BCUT2D eigenvalue weighted by atomic mass is 32.2. The van der Waals surface area contributed by atoms with Gasteiger partial charge in [0.2, 0.25) is 0 Å². The molecule has 0 aromatic heterocycles. The Morgan fingerprint density at radius 1 is 0.943 bits per heavy atom. The van der Waals surface area contributed by atoms with Crippen molar-refractivity contribution in [1.82, 2.24) is 0 Å². The van der Waals surface area contributed by atoms with Gasteiger partial charge in [-0.2, -0.15) is 0 Å². The molecular weight excluding hydrogens is 460 g/mol. The molecule has 10 atom stereocenters. The van der Waals surface area contributed by atoms with Crippen LogP contribution in [0.1, 0.15) is 99.3 Å². The molecule has 4 aliphatic rings. The molecule has 0 unspecified atom stereocenters. The summed E-state index contributed by atoms with van der Waals surface area (Å²) in [6, 6.07) is 0. The quantitative estimate of drug-likeness (QED) is 0.387. The van der Waals surface area contributed by atoms with Crippen LogP contribution in [0.4, 0.5) is 0 Å². The number of carbonyl (C=O) groups is 3. The number of ether oxygens (including phenoxy) is 2. The first-order chi connectivity index (χ1) is 16.5. The number of carbonyl (C=O) groups excluding carboxylic acids is 3. The Kier molecular flexibility index (Phi) is 8.01. The Bertz CT molecular complexity index is 828. The van der Waals surface area contributed by atoms with Crippen molar-refractivity contribution in [3.05, 3.63) is 0 Å². The lowest BCUT2D eigenvalue weighted by Gasteiger charge is -2.62. The summed E-state index contributed by atoms with van der Waals surface area (Å²) in [6.45, 7) is 12.2. The monoisotopic (exact) mass is 506 g/mol. The van der Waals surface area contributed by atoms with Gasteiger partial charge in [0, 0.05) is 25.7 Å². The molecule has 0 radical (unpaired) electrons. The lowest BCUT2D eigenvalue weighted by atomic mass is 9.43. The van der Waals surface area contributed by atoms with Crippen LogP contribution in [0, 0.1) is 46.3 Å². The van der Waals surface area contributed by atoms with Gasteiger partial charge in [-0.05, 0) is 98.0 Å². The number of rotatable bonds is 6. The second kappa shape index (κ2) is 10.4. The smallest absolute Gasteiger partial charge is 0.302 e. The molecule has 4 rings (SSSR count). The molecule has 6 heteroatoms. The summed E-state index contributed by atoms with van der Waals surface area (Å²) >= 11 is 1.44. The minimum atomic E-state index is -0.180. The summed E-state index contributed by atoms with van der Waals surface area (Å²) in [7, 11) is 0. The fraction of sp³-hybridized carbons (Fsp3) is 0.897. The minimum Gasteiger partial charge on any atom is -0.463 e. The lowest BCUT2D eigenvalue weighted by Crippen LogP contribution is -2.59. The Hall–Kier alpha value is -1.04. The van der Waals surface area contributed by atoms with Gasteiger partial charge in [-0.25, -0.2) is 0 Å². The van der Waals surface area contributed by atoms with Gasteiger partial charge < -0.3 is 9.47 Å². The van der Waals surface area contributed by atoms with Gasteiger partial charge in [0.1, 0.15) is 12.2 Å². The Balaban J connectivity index is 1.59. The maximum absolute atomic E-state index is 12.5. The highest BCUT2D eigenvalue weighted by molar-refractivity contribution is 8.13. The van der Waals surface area contributed by atoms with Crippen LogP contribution in [0.2, 0.25) is 0 Å². The first kappa shape index (κ1) is 27.0. The maximum atomic E-state index is 12.5. The van der Waals surface area contributed by atoms with E-state index in [1.54, 1.807) is 6.92 Å². The van der Waals surface area contributed by atoms with Crippen LogP contribution in [0.25, 0.3) is 0 Å². The van der Waals surface area contributed by atoms with E-state index in [0.29, 0.717) is 47.0 Å². The van der Waals surface area contributed by atoms with Crippen molar-refractivity contribution in [3.63, 3.8) is 0 Å². The summed E-state index contributed by atoms with van der Waals surface area (Å²) < 4.78 is 11.8. The van der Waals surface area contributed by atoms with Gasteiger partial charge in [0.05, 0.1) is 0 Å². The molecule has 0 N–H and O–H groups in total. The van der Waals surface area contributed by atoms with Crippen molar-refractivity contribution in [3.8, 4) is 0 Å². The van der Waals surface area contributed by atoms with Crippen LogP contribution < -0.4 is 0 Å². The predicted molar refractivity (Wildman–Crippen MR) is 139 cm³/mol. The topological polar surface area (TPSA) is 69.7 Å². The van der Waals surface area contributed by atoms with Crippen molar-refractivity contribution in [2.75, 3.05) is 5.75 Å². The molecule has 0 spiro atoms. The SMILES string of the molecule is CCSC(=O)C[C@@H](C)[C@H]1CC[C@H]2[C@@H]3CC[C@H]4C[C@@H](OC(C)=O)CC[C@]4(C)[C@H]3C[C@H](OC(C)=O)[C@]12C. The molecule has 35 heavy (non-hydrogen) atoms. The summed E-state index contributed by atoms with van der Waals surface area (Å²) in [5, 5.41) is 0.294. The fourth-order valence-corrected chi connectivity index (χ4v) is 10.2. The van der Waals surface area contributed by atoms with Crippen molar-refractivity contribution in [2.45, 2.75) is 112 Å². The normalized spacial score (nSPS) is 43.3.